The summed E-state index contributed by atoms with van der Waals surface area (Å²) in [5.41, 5.74) is -1.61. The summed E-state index contributed by atoms with van der Waals surface area (Å²) in [7, 11) is 0. The fourth-order valence-corrected chi connectivity index (χ4v) is 1.37. The number of carbonyl (C=O) groups excluding carboxylic acids is 1. The van der Waals surface area contributed by atoms with Gasteiger partial charge in [0.05, 0.1) is 16.7 Å². The predicted molar refractivity (Wildman–Crippen MR) is 59.6 cm³/mol. The van der Waals surface area contributed by atoms with Crippen LogP contribution in [0.15, 0.2) is 24.4 Å². The minimum atomic E-state index is -1.35. The molecule has 0 saturated carbocycles. The number of H-pyrrole nitrogens is 1. The van der Waals surface area contributed by atoms with Crippen molar-refractivity contribution in [3.63, 3.8) is 0 Å². The molecule has 1 aromatic heterocycles. The summed E-state index contributed by atoms with van der Waals surface area (Å²) in [6.45, 7) is 0. The maximum absolute atomic E-state index is 13.4. The van der Waals surface area contributed by atoms with E-state index < -0.39 is 33.7 Å². The van der Waals surface area contributed by atoms with Crippen molar-refractivity contribution in [2.75, 3.05) is 5.32 Å². The molecule has 0 spiro atoms. The van der Waals surface area contributed by atoms with Crippen molar-refractivity contribution in [3.05, 3.63) is 51.7 Å². The number of nitro groups is 1. The molecular weight excluding hydrogens is 262 g/mol. The first-order valence-electron chi connectivity index (χ1n) is 4.93. The van der Waals surface area contributed by atoms with Crippen LogP contribution in [0.25, 0.3) is 0 Å². The van der Waals surface area contributed by atoms with Gasteiger partial charge in [-0.3, -0.25) is 20.0 Å². The van der Waals surface area contributed by atoms with E-state index in [2.05, 4.69) is 15.5 Å². The molecule has 2 rings (SSSR count). The van der Waals surface area contributed by atoms with Crippen molar-refractivity contribution in [1.29, 1.82) is 0 Å². The SMILES string of the molecule is O=C(Nc1ccn[nH]1)c1cc([N+](=O)[O-])c(F)cc1F. The maximum Gasteiger partial charge on any atom is 0.305 e. The molecule has 2 N–H and O–H groups in total. The van der Waals surface area contributed by atoms with Crippen LogP contribution in [0.2, 0.25) is 0 Å². The van der Waals surface area contributed by atoms with Gasteiger partial charge in [-0.1, -0.05) is 0 Å². The molecule has 0 aliphatic heterocycles. The van der Waals surface area contributed by atoms with E-state index in [4.69, 9.17) is 0 Å². The van der Waals surface area contributed by atoms with E-state index in [-0.39, 0.29) is 5.82 Å². The second-order valence-electron chi connectivity index (χ2n) is 3.47. The third-order valence-corrected chi connectivity index (χ3v) is 2.23. The Kier molecular flexibility index (Phi) is 3.19. The summed E-state index contributed by atoms with van der Waals surface area (Å²) in [4.78, 5) is 21.2. The Morgan fingerprint density at radius 3 is 2.68 bits per heavy atom. The predicted octanol–water partition coefficient (Wildman–Crippen LogP) is 1.85. The number of hydrogen-bond acceptors (Lipinski definition) is 4. The lowest BCUT2D eigenvalue weighted by molar-refractivity contribution is -0.387. The largest absolute Gasteiger partial charge is 0.307 e. The van der Waals surface area contributed by atoms with Gasteiger partial charge in [0.15, 0.2) is 0 Å². The van der Waals surface area contributed by atoms with E-state index in [1.165, 1.54) is 12.3 Å². The van der Waals surface area contributed by atoms with Crippen molar-refractivity contribution in [2.24, 2.45) is 0 Å². The molecule has 0 saturated heterocycles. The molecule has 98 valence electrons. The van der Waals surface area contributed by atoms with E-state index in [0.717, 1.165) is 0 Å². The quantitative estimate of drug-likeness (QED) is 0.655. The van der Waals surface area contributed by atoms with E-state index in [0.29, 0.717) is 12.1 Å². The fraction of sp³-hybridized carbons (Fsp3) is 0. The molecule has 0 aliphatic carbocycles. The second-order valence-corrected chi connectivity index (χ2v) is 3.47. The molecular formula is C10H6F2N4O3. The van der Waals surface area contributed by atoms with Gasteiger partial charge in [-0.25, -0.2) is 4.39 Å². The average Bonchev–Trinajstić information content (AvgIpc) is 2.81. The maximum atomic E-state index is 13.4. The molecule has 9 heteroatoms. The van der Waals surface area contributed by atoms with Gasteiger partial charge in [-0.2, -0.15) is 9.49 Å². The number of anilines is 1. The van der Waals surface area contributed by atoms with Crippen molar-refractivity contribution >= 4 is 17.4 Å². The highest BCUT2D eigenvalue weighted by atomic mass is 19.1. The normalized spacial score (nSPS) is 10.2. The van der Waals surface area contributed by atoms with Crippen molar-refractivity contribution in [2.45, 2.75) is 0 Å². The smallest absolute Gasteiger partial charge is 0.305 e. The standard InChI is InChI=1S/C10H6F2N4O3/c11-6-4-7(12)8(16(18)19)3-5(6)10(17)14-9-1-2-13-15-9/h1-4H,(H2,13,14,15,17). The minimum absolute atomic E-state index is 0.177. The average molecular weight is 268 g/mol. The minimum Gasteiger partial charge on any atom is -0.307 e. The summed E-state index contributed by atoms with van der Waals surface area (Å²) >= 11 is 0. The number of carbonyl (C=O) groups is 1. The van der Waals surface area contributed by atoms with Crippen LogP contribution < -0.4 is 5.32 Å². The highest BCUT2D eigenvalue weighted by Gasteiger charge is 2.22. The number of nitrogens with one attached hydrogen (secondary N) is 2. The van der Waals surface area contributed by atoms with Gasteiger partial charge in [0.2, 0.25) is 5.82 Å². The van der Waals surface area contributed by atoms with Crippen LogP contribution in [0, 0.1) is 21.7 Å². The highest BCUT2D eigenvalue weighted by molar-refractivity contribution is 6.04. The Labute approximate surface area is 104 Å². The lowest BCUT2D eigenvalue weighted by atomic mass is 10.1. The van der Waals surface area contributed by atoms with Crippen LogP contribution in [0.3, 0.4) is 0 Å². The van der Waals surface area contributed by atoms with E-state index >= 15 is 0 Å². The molecule has 1 heterocycles. The van der Waals surface area contributed by atoms with Gasteiger partial charge in [0, 0.05) is 18.2 Å². The number of rotatable bonds is 3. The van der Waals surface area contributed by atoms with Crippen LogP contribution in [-0.2, 0) is 0 Å². The van der Waals surface area contributed by atoms with Gasteiger partial charge in [-0.05, 0) is 0 Å². The highest BCUT2D eigenvalue weighted by Crippen LogP contribution is 2.22. The molecule has 0 atom stereocenters. The Balaban J connectivity index is 2.36. The molecule has 0 aliphatic rings. The van der Waals surface area contributed by atoms with Crippen LogP contribution >= 0.6 is 0 Å². The summed E-state index contributed by atoms with van der Waals surface area (Å²) in [6.07, 6.45) is 1.35. The number of hydrogen-bond donors (Lipinski definition) is 2. The van der Waals surface area contributed by atoms with Crippen molar-refractivity contribution < 1.29 is 18.5 Å². The Bertz CT molecular complexity index is 642. The van der Waals surface area contributed by atoms with E-state index in [1.54, 1.807) is 0 Å². The summed E-state index contributed by atoms with van der Waals surface area (Å²) in [5, 5.41) is 18.7. The monoisotopic (exact) mass is 268 g/mol. The van der Waals surface area contributed by atoms with Gasteiger partial charge in [0.25, 0.3) is 5.91 Å². The third kappa shape index (κ3) is 2.54. The van der Waals surface area contributed by atoms with E-state index in [1.807, 2.05) is 0 Å². The van der Waals surface area contributed by atoms with Crippen LogP contribution in [0.4, 0.5) is 20.3 Å². The van der Waals surface area contributed by atoms with E-state index in [9.17, 15) is 23.7 Å². The van der Waals surface area contributed by atoms with Gasteiger partial charge in [-0.15, -0.1) is 0 Å². The topological polar surface area (TPSA) is 101 Å². The molecule has 2 aromatic rings. The Morgan fingerprint density at radius 2 is 2.11 bits per heavy atom. The van der Waals surface area contributed by atoms with Crippen molar-refractivity contribution in [1.82, 2.24) is 10.2 Å². The lowest BCUT2D eigenvalue weighted by Crippen LogP contribution is -2.15. The van der Waals surface area contributed by atoms with Gasteiger partial charge in [0.1, 0.15) is 11.6 Å². The lowest BCUT2D eigenvalue weighted by Gasteiger charge is -2.04. The molecule has 0 fully saturated rings. The van der Waals surface area contributed by atoms with Gasteiger partial charge < -0.3 is 5.32 Å². The number of benzene rings is 1. The van der Waals surface area contributed by atoms with Crippen LogP contribution in [0.1, 0.15) is 10.4 Å². The number of nitrogens with zero attached hydrogens (tertiary/aromatic N) is 2. The Hall–Kier alpha value is -2.84. The molecule has 0 radical (unpaired) electrons. The third-order valence-electron chi connectivity index (χ3n) is 2.23. The molecule has 0 unspecified atom stereocenters. The van der Waals surface area contributed by atoms with Crippen LogP contribution in [0.5, 0.6) is 0 Å². The number of halogens is 2. The number of aromatic nitrogens is 2. The first-order valence-corrected chi connectivity index (χ1v) is 4.93. The first-order chi connectivity index (χ1) is 8.99. The summed E-state index contributed by atoms with van der Waals surface area (Å²) < 4.78 is 26.5. The zero-order chi connectivity index (χ0) is 14.0. The molecule has 7 nitrogen and oxygen atoms in total. The number of nitro benzene ring substituents is 1. The number of amides is 1. The second kappa shape index (κ2) is 4.80. The molecule has 1 amide bonds. The molecule has 0 bridgehead atoms. The molecule has 19 heavy (non-hydrogen) atoms. The zero-order valence-corrected chi connectivity index (χ0v) is 9.18. The number of aromatic amines is 1. The summed E-state index contributed by atoms with van der Waals surface area (Å²) in [5.74, 6) is -3.32. The molecule has 1 aromatic carbocycles. The summed E-state index contributed by atoms with van der Waals surface area (Å²) in [6, 6.07) is 2.23. The Morgan fingerprint density at radius 1 is 1.37 bits per heavy atom. The zero-order valence-electron chi connectivity index (χ0n) is 9.18. The van der Waals surface area contributed by atoms with Gasteiger partial charge >= 0.3 is 5.69 Å². The first kappa shape index (κ1) is 12.6. The van der Waals surface area contributed by atoms with Crippen molar-refractivity contribution in [3.8, 4) is 0 Å². The fourth-order valence-electron chi connectivity index (χ4n) is 1.37. The van der Waals surface area contributed by atoms with Crippen LogP contribution in [-0.4, -0.2) is 21.0 Å².